The molecule has 1 aliphatic rings. The van der Waals surface area contributed by atoms with Gasteiger partial charge in [-0.1, -0.05) is 41.6 Å². The van der Waals surface area contributed by atoms with Crippen molar-refractivity contribution in [2.45, 2.75) is 12.7 Å². The molecule has 0 saturated heterocycles. The van der Waals surface area contributed by atoms with Crippen LogP contribution in [0, 0.1) is 17.0 Å². The van der Waals surface area contributed by atoms with Gasteiger partial charge in [-0.05, 0) is 30.7 Å². The summed E-state index contributed by atoms with van der Waals surface area (Å²) < 4.78 is 0. The molecule has 6 nitrogen and oxygen atoms in total. The minimum atomic E-state index is -0.472. The van der Waals surface area contributed by atoms with Crippen molar-refractivity contribution in [3.05, 3.63) is 74.3 Å². The van der Waals surface area contributed by atoms with Crippen LogP contribution in [0.5, 0.6) is 0 Å². The van der Waals surface area contributed by atoms with Gasteiger partial charge in [0.1, 0.15) is 0 Å². The molecule has 3 rings (SSSR count). The van der Waals surface area contributed by atoms with Crippen LogP contribution in [0.15, 0.2) is 47.5 Å². The standard InChI is InChI=1S/C18H16ClN3O3S/c1-12-15(3-2-4-16(12)22(24)25)17(23)21-10-9-20-18(21)26-11-13-5-7-14(19)8-6-13/h2-8H,9-11H2,1H3. The van der Waals surface area contributed by atoms with Crippen molar-refractivity contribution in [1.82, 2.24) is 4.90 Å². The first-order valence-corrected chi connectivity index (χ1v) is 9.31. The molecule has 134 valence electrons. The Morgan fingerprint density at radius 1 is 1.31 bits per heavy atom. The normalized spacial score (nSPS) is 13.6. The van der Waals surface area contributed by atoms with E-state index in [0.29, 0.717) is 40.2 Å². The monoisotopic (exact) mass is 389 g/mol. The van der Waals surface area contributed by atoms with E-state index in [4.69, 9.17) is 11.6 Å². The SMILES string of the molecule is Cc1c(C(=O)N2CCN=C2SCc2ccc(Cl)cc2)cccc1[N+](=O)[O-]. The highest BCUT2D eigenvalue weighted by Crippen LogP contribution is 2.26. The highest BCUT2D eigenvalue weighted by Gasteiger charge is 2.28. The number of amides is 1. The van der Waals surface area contributed by atoms with Gasteiger partial charge in [-0.15, -0.1) is 0 Å². The summed E-state index contributed by atoms with van der Waals surface area (Å²) in [5, 5.41) is 12.4. The number of rotatable bonds is 4. The van der Waals surface area contributed by atoms with Crippen LogP contribution >= 0.6 is 23.4 Å². The fraction of sp³-hybridized carbons (Fsp3) is 0.222. The lowest BCUT2D eigenvalue weighted by Gasteiger charge is -2.19. The largest absolute Gasteiger partial charge is 0.286 e. The van der Waals surface area contributed by atoms with E-state index in [2.05, 4.69) is 4.99 Å². The Labute approximate surface area is 160 Å². The molecule has 0 aliphatic carbocycles. The summed E-state index contributed by atoms with van der Waals surface area (Å²) in [6, 6.07) is 12.1. The molecular formula is C18H16ClN3O3S. The zero-order valence-corrected chi connectivity index (χ0v) is 15.6. The lowest BCUT2D eigenvalue weighted by Crippen LogP contribution is -2.33. The number of hydrogen-bond donors (Lipinski definition) is 0. The second-order valence-electron chi connectivity index (χ2n) is 5.74. The van der Waals surface area contributed by atoms with Crippen molar-refractivity contribution in [3.8, 4) is 0 Å². The summed E-state index contributed by atoms with van der Waals surface area (Å²) in [7, 11) is 0. The molecule has 0 bridgehead atoms. The molecule has 8 heteroatoms. The van der Waals surface area contributed by atoms with Gasteiger partial charge in [-0.3, -0.25) is 24.8 Å². The molecule has 1 heterocycles. The zero-order valence-electron chi connectivity index (χ0n) is 14.0. The Bertz CT molecular complexity index is 884. The van der Waals surface area contributed by atoms with Crippen LogP contribution in [0.25, 0.3) is 0 Å². The van der Waals surface area contributed by atoms with E-state index in [1.54, 1.807) is 17.9 Å². The first kappa shape index (κ1) is 18.4. The molecule has 0 spiro atoms. The molecule has 2 aromatic carbocycles. The number of thioether (sulfide) groups is 1. The van der Waals surface area contributed by atoms with Gasteiger partial charge in [0.15, 0.2) is 5.17 Å². The molecule has 1 amide bonds. The molecule has 0 fully saturated rings. The number of halogens is 1. The zero-order chi connectivity index (χ0) is 18.7. The lowest BCUT2D eigenvalue weighted by molar-refractivity contribution is -0.385. The average molecular weight is 390 g/mol. The van der Waals surface area contributed by atoms with Gasteiger partial charge in [-0.2, -0.15) is 0 Å². The molecule has 0 aromatic heterocycles. The van der Waals surface area contributed by atoms with Crippen LogP contribution in [-0.4, -0.2) is 34.0 Å². The molecule has 0 unspecified atom stereocenters. The van der Waals surface area contributed by atoms with Crippen molar-refractivity contribution < 1.29 is 9.72 Å². The van der Waals surface area contributed by atoms with Crippen LogP contribution in [-0.2, 0) is 5.75 Å². The number of nitro benzene ring substituents is 1. The first-order chi connectivity index (χ1) is 12.5. The quantitative estimate of drug-likeness (QED) is 0.577. The number of benzene rings is 2. The Balaban J connectivity index is 1.75. The maximum Gasteiger partial charge on any atom is 0.273 e. The lowest BCUT2D eigenvalue weighted by atomic mass is 10.1. The second-order valence-corrected chi connectivity index (χ2v) is 7.12. The first-order valence-electron chi connectivity index (χ1n) is 7.95. The second kappa shape index (κ2) is 7.88. The van der Waals surface area contributed by atoms with E-state index >= 15 is 0 Å². The van der Waals surface area contributed by atoms with Gasteiger partial charge < -0.3 is 0 Å². The third kappa shape index (κ3) is 3.89. The summed E-state index contributed by atoms with van der Waals surface area (Å²) in [4.78, 5) is 29.5. The summed E-state index contributed by atoms with van der Waals surface area (Å²) in [5.74, 6) is 0.402. The van der Waals surface area contributed by atoms with Crippen LogP contribution in [0.4, 0.5) is 5.69 Å². The summed E-state index contributed by atoms with van der Waals surface area (Å²) in [6.07, 6.45) is 0. The Morgan fingerprint density at radius 3 is 2.73 bits per heavy atom. The predicted octanol–water partition coefficient (Wildman–Crippen LogP) is 4.30. The van der Waals surface area contributed by atoms with Gasteiger partial charge in [0, 0.05) is 34.5 Å². The predicted molar refractivity (Wildman–Crippen MR) is 104 cm³/mol. The molecular weight excluding hydrogens is 374 g/mol. The van der Waals surface area contributed by atoms with Crippen LogP contribution < -0.4 is 0 Å². The molecule has 0 atom stereocenters. The molecule has 0 N–H and O–H groups in total. The van der Waals surface area contributed by atoms with E-state index in [9.17, 15) is 14.9 Å². The van der Waals surface area contributed by atoms with Gasteiger partial charge in [-0.25, -0.2) is 0 Å². The fourth-order valence-corrected chi connectivity index (χ4v) is 3.79. The van der Waals surface area contributed by atoms with E-state index in [-0.39, 0.29) is 11.6 Å². The Kier molecular flexibility index (Phi) is 5.58. The van der Waals surface area contributed by atoms with Crippen LogP contribution in [0.1, 0.15) is 21.5 Å². The Morgan fingerprint density at radius 2 is 2.04 bits per heavy atom. The molecule has 0 saturated carbocycles. The van der Waals surface area contributed by atoms with Crippen molar-refractivity contribution in [2.75, 3.05) is 13.1 Å². The third-order valence-corrected chi connectivity index (χ3v) is 5.40. The molecule has 2 aromatic rings. The molecule has 1 aliphatic heterocycles. The highest BCUT2D eigenvalue weighted by molar-refractivity contribution is 8.13. The van der Waals surface area contributed by atoms with Crippen molar-refractivity contribution in [2.24, 2.45) is 4.99 Å². The number of nitro groups is 1. The number of carbonyl (C=O) groups excluding carboxylic acids is 1. The van der Waals surface area contributed by atoms with Gasteiger partial charge >= 0.3 is 0 Å². The van der Waals surface area contributed by atoms with E-state index in [1.165, 1.54) is 23.9 Å². The topological polar surface area (TPSA) is 75.8 Å². The van der Waals surface area contributed by atoms with Crippen molar-refractivity contribution in [3.63, 3.8) is 0 Å². The summed E-state index contributed by atoms with van der Waals surface area (Å²) in [5.41, 5.74) is 1.73. The smallest absolute Gasteiger partial charge is 0.273 e. The average Bonchev–Trinajstić information content (AvgIpc) is 3.09. The van der Waals surface area contributed by atoms with E-state index in [1.807, 2.05) is 24.3 Å². The van der Waals surface area contributed by atoms with E-state index < -0.39 is 4.92 Å². The number of hydrogen-bond acceptors (Lipinski definition) is 5. The number of amidine groups is 1. The van der Waals surface area contributed by atoms with Gasteiger partial charge in [0.05, 0.1) is 11.5 Å². The van der Waals surface area contributed by atoms with Crippen LogP contribution in [0.2, 0.25) is 5.02 Å². The third-order valence-electron chi connectivity index (χ3n) is 4.06. The van der Waals surface area contributed by atoms with Crippen molar-refractivity contribution >= 4 is 40.1 Å². The van der Waals surface area contributed by atoms with Crippen molar-refractivity contribution in [1.29, 1.82) is 0 Å². The molecule has 0 radical (unpaired) electrons. The number of aliphatic imine (C=N–C) groups is 1. The van der Waals surface area contributed by atoms with E-state index in [0.717, 1.165) is 5.56 Å². The van der Waals surface area contributed by atoms with Crippen LogP contribution in [0.3, 0.4) is 0 Å². The number of nitrogens with zero attached hydrogens (tertiary/aromatic N) is 3. The minimum absolute atomic E-state index is 0.0534. The minimum Gasteiger partial charge on any atom is -0.286 e. The Hall–Kier alpha value is -2.38. The number of carbonyl (C=O) groups is 1. The molecule has 26 heavy (non-hydrogen) atoms. The maximum absolute atomic E-state index is 12.9. The summed E-state index contributed by atoms with van der Waals surface area (Å²) in [6.45, 7) is 2.60. The van der Waals surface area contributed by atoms with Gasteiger partial charge in [0.2, 0.25) is 0 Å². The van der Waals surface area contributed by atoms with Gasteiger partial charge in [0.25, 0.3) is 11.6 Å². The fourth-order valence-electron chi connectivity index (χ4n) is 2.67. The maximum atomic E-state index is 12.9. The summed E-state index contributed by atoms with van der Waals surface area (Å²) >= 11 is 7.36. The highest BCUT2D eigenvalue weighted by atomic mass is 35.5.